The average Bonchev–Trinajstić information content (AvgIpc) is 3.09. The second-order valence-corrected chi connectivity index (χ2v) is 8.06. The summed E-state index contributed by atoms with van der Waals surface area (Å²) >= 11 is 1.57. The first kappa shape index (κ1) is 18.4. The lowest BCUT2D eigenvalue weighted by molar-refractivity contribution is -0.155. The predicted octanol–water partition coefficient (Wildman–Crippen LogP) is 1.82. The number of rotatable bonds is 5. The fourth-order valence-electron chi connectivity index (χ4n) is 3.24. The molecule has 0 saturated carbocycles. The highest BCUT2D eigenvalue weighted by molar-refractivity contribution is 8.01. The second-order valence-electron chi connectivity index (χ2n) is 6.56. The van der Waals surface area contributed by atoms with Crippen LogP contribution < -0.4 is 5.32 Å². The zero-order valence-corrected chi connectivity index (χ0v) is 15.4. The number of hydrogen-bond acceptors (Lipinski definition) is 6. The van der Waals surface area contributed by atoms with Gasteiger partial charge in [0, 0.05) is 23.4 Å². The molecule has 1 aromatic carbocycles. The van der Waals surface area contributed by atoms with E-state index in [0.29, 0.717) is 29.8 Å². The fraction of sp³-hybridized carbons (Fsp3) is 0.444. The number of benzene rings is 1. The Hall–Kier alpha value is -2.35. The highest BCUT2D eigenvalue weighted by Gasteiger charge is 2.53. The summed E-state index contributed by atoms with van der Waals surface area (Å²) in [5, 5.41) is 2.59. The SMILES string of the molecule is CC(=O)c1cccc(NC(=O)COC(=O)[C@@H]2CS[C@@]3(C)CCC(=O)N23)c1. The van der Waals surface area contributed by atoms with Crippen molar-refractivity contribution < 1.29 is 23.9 Å². The van der Waals surface area contributed by atoms with E-state index in [0.717, 1.165) is 0 Å². The van der Waals surface area contributed by atoms with Crippen molar-refractivity contribution in [3.05, 3.63) is 29.8 Å². The Labute approximate surface area is 155 Å². The Morgan fingerprint density at radius 3 is 2.88 bits per heavy atom. The van der Waals surface area contributed by atoms with Gasteiger partial charge in [0.15, 0.2) is 12.4 Å². The molecule has 2 aliphatic rings. The van der Waals surface area contributed by atoms with Crippen LogP contribution in [-0.4, -0.2) is 51.7 Å². The molecule has 2 aliphatic heterocycles. The van der Waals surface area contributed by atoms with E-state index in [1.54, 1.807) is 40.9 Å². The summed E-state index contributed by atoms with van der Waals surface area (Å²) in [6.07, 6.45) is 1.15. The first-order valence-electron chi connectivity index (χ1n) is 8.34. The smallest absolute Gasteiger partial charge is 0.330 e. The van der Waals surface area contributed by atoms with Crippen LogP contribution in [0.15, 0.2) is 24.3 Å². The minimum absolute atomic E-state index is 0.0510. The summed E-state index contributed by atoms with van der Waals surface area (Å²) in [4.78, 5) is 49.0. The van der Waals surface area contributed by atoms with Crippen LogP contribution in [0.2, 0.25) is 0 Å². The number of thioether (sulfide) groups is 1. The highest BCUT2D eigenvalue weighted by Crippen LogP contribution is 2.47. The summed E-state index contributed by atoms with van der Waals surface area (Å²) in [6.45, 7) is 2.95. The van der Waals surface area contributed by atoms with Crippen LogP contribution in [0, 0.1) is 0 Å². The number of nitrogens with one attached hydrogen (secondary N) is 1. The summed E-state index contributed by atoms with van der Waals surface area (Å²) in [5.74, 6) is -0.748. The lowest BCUT2D eigenvalue weighted by Crippen LogP contribution is -2.47. The molecular weight excluding hydrogens is 356 g/mol. The summed E-state index contributed by atoms with van der Waals surface area (Å²) in [7, 11) is 0. The van der Waals surface area contributed by atoms with Gasteiger partial charge in [-0.3, -0.25) is 14.4 Å². The molecule has 3 rings (SSSR count). The van der Waals surface area contributed by atoms with Crippen LogP contribution >= 0.6 is 11.8 Å². The van der Waals surface area contributed by atoms with Gasteiger partial charge in [0.25, 0.3) is 5.91 Å². The quantitative estimate of drug-likeness (QED) is 0.622. The number of ether oxygens (including phenoxy) is 1. The molecule has 2 fully saturated rings. The molecule has 2 atom stereocenters. The van der Waals surface area contributed by atoms with E-state index in [9.17, 15) is 19.2 Å². The summed E-state index contributed by atoms with van der Waals surface area (Å²) in [5.41, 5.74) is 0.937. The number of esters is 1. The Balaban J connectivity index is 1.55. The van der Waals surface area contributed by atoms with Gasteiger partial charge in [-0.15, -0.1) is 11.8 Å². The van der Waals surface area contributed by atoms with Crippen LogP contribution in [0.5, 0.6) is 0 Å². The van der Waals surface area contributed by atoms with Crippen molar-refractivity contribution in [2.24, 2.45) is 0 Å². The summed E-state index contributed by atoms with van der Waals surface area (Å²) in [6, 6.07) is 5.88. The molecule has 0 bridgehead atoms. The Kier molecular flexibility index (Phi) is 5.04. The molecule has 0 spiro atoms. The maximum atomic E-state index is 12.3. The maximum Gasteiger partial charge on any atom is 0.330 e. The van der Waals surface area contributed by atoms with Gasteiger partial charge in [-0.1, -0.05) is 12.1 Å². The molecule has 1 N–H and O–H groups in total. The molecule has 7 nitrogen and oxygen atoms in total. The number of Topliss-reactive ketones (excluding diaryl/α,β-unsaturated/α-hetero) is 1. The van der Waals surface area contributed by atoms with E-state index in [4.69, 9.17) is 4.74 Å². The average molecular weight is 376 g/mol. The van der Waals surface area contributed by atoms with Crippen LogP contribution in [0.1, 0.15) is 37.0 Å². The predicted molar refractivity (Wildman–Crippen MR) is 96.8 cm³/mol. The number of hydrogen-bond donors (Lipinski definition) is 1. The molecule has 1 aromatic rings. The van der Waals surface area contributed by atoms with Crippen LogP contribution in [-0.2, 0) is 19.1 Å². The molecule has 138 valence electrons. The van der Waals surface area contributed by atoms with Gasteiger partial charge in [-0.2, -0.15) is 0 Å². The standard InChI is InChI=1S/C18H20N2O5S/c1-11(21)12-4-3-5-13(8-12)19-15(22)9-25-17(24)14-10-26-18(2)7-6-16(23)20(14)18/h3-5,8,14H,6-7,9-10H2,1-2H3,(H,19,22)/t14-,18-/m0/s1. The second kappa shape index (κ2) is 7.11. The van der Waals surface area contributed by atoms with Crippen molar-refractivity contribution in [2.45, 2.75) is 37.6 Å². The van der Waals surface area contributed by atoms with Gasteiger partial charge in [-0.05, 0) is 32.4 Å². The molecule has 0 radical (unpaired) electrons. The van der Waals surface area contributed by atoms with E-state index in [2.05, 4.69) is 5.32 Å². The largest absolute Gasteiger partial charge is 0.454 e. The number of ketones is 1. The van der Waals surface area contributed by atoms with Gasteiger partial charge in [0.2, 0.25) is 5.91 Å². The van der Waals surface area contributed by atoms with Gasteiger partial charge in [0.1, 0.15) is 6.04 Å². The van der Waals surface area contributed by atoms with Gasteiger partial charge < -0.3 is 15.0 Å². The van der Waals surface area contributed by atoms with E-state index < -0.39 is 24.5 Å². The topological polar surface area (TPSA) is 92.8 Å². The number of amides is 2. The van der Waals surface area contributed by atoms with Gasteiger partial charge >= 0.3 is 5.97 Å². The Morgan fingerprint density at radius 2 is 2.15 bits per heavy atom. The third-order valence-electron chi connectivity index (χ3n) is 4.62. The fourth-order valence-corrected chi connectivity index (χ4v) is 4.66. The van der Waals surface area contributed by atoms with E-state index in [1.807, 2.05) is 6.92 Å². The van der Waals surface area contributed by atoms with Crippen molar-refractivity contribution in [3.63, 3.8) is 0 Å². The van der Waals surface area contributed by atoms with E-state index in [-0.39, 0.29) is 16.6 Å². The first-order valence-corrected chi connectivity index (χ1v) is 9.32. The molecule has 2 heterocycles. The number of carbonyl (C=O) groups excluding carboxylic acids is 4. The molecule has 2 amide bonds. The minimum atomic E-state index is -0.645. The maximum absolute atomic E-state index is 12.3. The van der Waals surface area contributed by atoms with Crippen molar-refractivity contribution in [1.82, 2.24) is 4.90 Å². The van der Waals surface area contributed by atoms with Crippen molar-refractivity contribution in [2.75, 3.05) is 17.7 Å². The number of fused-ring (bicyclic) bond motifs is 1. The zero-order valence-electron chi connectivity index (χ0n) is 14.6. The van der Waals surface area contributed by atoms with Crippen LogP contribution in [0.25, 0.3) is 0 Å². The molecule has 8 heteroatoms. The normalized spacial score (nSPS) is 24.3. The lowest BCUT2D eigenvalue weighted by Gasteiger charge is -2.29. The van der Waals surface area contributed by atoms with Crippen molar-refractivity contribution in [3.8, 4) is 0 Å². The first-order chi connectivity index (χ1) is 12.3. The zero-order chi connectivity index (χ0) is 18.9. The number of anilines is 1. The molecule has 0 unspecified atom stereocenters. The van der Waals surface area contributed by atoms with Crippen molar-refractivity contribution >= 4 is 41.0 Å². The number of carbonyl (C=O) groups is 4. The third-order valence-corrected chi connectivity index (χ3v) is 6.12. The van der Waals surface area contributed by atoms with E-state index >= 15 is 0 Å². The molecule has 26 heavy (non-hydrogen) atoms. The molecule has 0 aromatic heterocycles. The van der Waals surface area contributed by atoms with Crippen molar-refractivity contribution in [1.29, 1.82) is 0 Å². The molecule has 0 aliphatic carbocycles. The Bertz CT molecular complexity index is 781. The minimum Gasteiger partial charge on any atom is -0.454 e. The van der Waals surface area contributed by atoms with Crippen LogP contribution in [0.3, 0.4) is 0 Å². The van der Waals surface area contributed by atoms with Gasteiger partial charge in [-0.25, -0.2) is 4.79 Å². The highest BCUT2D eigenvalue weighted by atomic mass is 32.2. The third kappa shape index (κ3) is 3.60. The van der Waals surface area contributed by atoms with E-state index in [1.165, 1.54) is 6.92 Å². The Morgan fingerprint density at radius 1 is 1.38 bits per heavy atom. The number of nitrogens with zero attached hydrogens (tertiary/aromatic N) is 1. The molecular formula is C18H20N2O5S. The van der Waals surface area contributed by atoms with Crippen LogP contribution in [0.4, 0.5) is 5.69 Å². The monoisotopic (exact) mass is 376 g/mol. The van der Waals surface area contributed by atoms with Gasteiger partial charge in [0.05, 0.1) is 4.87 Å². The lowest BCUT2D eigenvalue weighted by atomic mass is 10.1. The summed E-state index contributed by atoms with van der Waals surface area (Å²) < 4.78 is 5.11. The molecule has 2 saturated heterocycles.